The third kappa shape index (κ3) is 3.65. The van der Waals surface area contributed by atoms with Crippen LogP contribution in [0.25, 0.3) is 11.3 Å². The van der Waals surface area contributed by atoms with E-state index in [9.17, 15) is 4.79 Å². The maximum absolute atomic E-state index is 12.5. The molecule has 124 valence electrons. The summed E-state index contributed by atoms with van der Waals surface area (Å²) in [4.78, 5) is 22.5. The van der Waals surface area contributed by atoms with Gasteiger partial charge in [0.05, 0.1) is 11.7 Å². The molecule has 1 aromatic heterocycles. The molecule has 24 heavy (non-hydrogen) atoms. The van der Waals surface area contributed by atoms with Gasteiger partial charge < -0.3 is 9.88 Å². The van der Waals surface area contributed by atoms with Gasteiger partial charge in [0.15, 0.2) is 0 Å². The van der Waals surface area contributed by atoms with Crippen molar-refractivity contribution in [3.63, 3.8) is 0 Å². The van der Waals surface area contributed by atoms with Crippen molar-refractivity contribution >= 4 is 5.91 Å². The number of H-pyrrole nitrogens is 1. The van der Waals surface area contributed by atoms with Gasteiger partial charge >= 0.3 is 0 Å². The van der Waals surface area contributed by atoms with Gasteiger partial charge in [-0.15, -0.1) is 0 Å². The zero-order valence-electron chi connectivity index (χ0n) is 13.8. The molecule has 1 amide bonds. The molecule has 0 aliphatic carbocycles. The summed E-state index contributed by atoms with van der Waals surface area (Å²) in [5, 5.41) is 0. The van der Waals surface area contributed by atoms with Gasteiger partial charge in [-0.3, -0.25) is 4.79 Å². The third-order valence-corrected chi connectivity index (χ3v) is 4.37. The highest BCUT2D eigenvalue weighted by molar-refractivity contribution is 5.78. The zero-order chi connectivity index (χ0) is 16.8. The number of amides is 1. The molecule has 3 rings (SSSR count). The van der Waals surface area contributed by atoms with Crippen LogP contribution >= 0.6 is 0 Å². The molecule has 0 saturated carbocycles. The number of aromatic nitrogens is 2. The zero-order valence-corrected chi connectivity index (χ0v) is 13.8. The van der Waals surface area contributed by atoms with Gasteiger partial charge in [0.25, 0.3) is 0 Å². The van der Waals surface area contributed by atoms with E-state index in [2.05, 4.69) is 11.6 Å². The molecule has 1 saturated heterocycles. The van der Waals surface area contributed by atoms with Crippen LogP contribution in [0.1, 0.15) is 37.5 Å². The van der Waals surface area contributed by atoms with Crippen molar-refractivity contribution in [2.75, 3.05) is 6.54 Å². The van der Waals surface area contributed by atoms with Crippen LogP contribution in [0.5, 0.6) is 0 Å². The molecule has 0 spiro atoms. The van der Waals surface area contributed by atoms with Gasteiger partial charge in [0, 0.05) is 24.7 Å². The topological polar surface area (TPSA) is 49.0 Å². The molecular weight excluding hydrogens is 298 g/mol. The van der Waals surface area contributed by atoms with Crippen molar-refractivity contribution in [1.82, 2.24) is 14.9 Å². The predicted molar refractivity (Wildman–Crippen MR) is 96.3 cm³/mol. The first-order chi connectivity index (χ1) is 11.8. The fourth-order valence-corrected chi connectivity index (χ4v) is 3.16. The quantitative estimate of drug-likeness (QED) is 0.836. The number of likely N-dealkylation sites (tertiary alicyclic amines) is 1. The summed E-state index contributed by atoms with van der Waals surface area (Å²) >= 11 is 0. The molecule has 1 aromatic carbocycles. The molecule has 1 aliphatic rings. The highest BCUT2D eigenvalue weighted by Crippen LogP contribution is 2.31. The first-order valence-electron chi connectivity index (χ1n) is 8.47. The molecule has 0 radical (unpaired) electrons. The summed E-state index contributed by atoms with van der Waals surface area (Å²) in [6.45, 7) is 4.44. The van der Waals surface area contributed by atoms with Crippen LogP contribution in [0.4, 0.5) is 0 Å². The Bertz CT molecular complexity index is 717. The van der Waals surface area contributed by atoms with Crippen LogP contribution in [0, 0.1) is 0 Å². The van der Waals surface area contributed by atoms with E-state index >= 15 is 0 Å². The van der Waals surface area contributed by atoms with E-state index in [0.717, 1.165) is 42.9 Å². The van der Waals surface area contributed by atoms with Crippen LogP contribution in [-0.4, -0.2) is 27.3 Å². The standard InChI is InChI=1S/C20H23N3O/c1-2-3-5-13-19(24)23-14-9-8-12-18(23)20-21-15-17(22-20)16-10-6-4-7-11-16/h2-7,10-11,15,18H,1,8-9,12-14H2,(H,21,22)/b5-3+. The minimum Gasteiger partial charge on any atom is -0.346 e. The fraction of sp³-hybridized carbons (Fsp3) is 0.300. The van der Waals surface area contributed by atoms with Gasteiger partial charge in [0.2, 0.25) is 5.91 Å². The lowest BCUT2D eigenvalue weighted by Crippen LogP contribution is -2.38. The molecule has 2 aromatic rings. The Kier molecular flexibility index (Phi) is 5.26. The maximum atomic E-state index is 12.5. The number of piperidine rings is 1. The number of benzene rings is 1. The average molecular weight is 321 g/mol. The van der Waals surface area contributed by atoms with Crippen molar-refractivity contribution < 1.29 is 4.79 Å². The number of carbonyl (C=O) groups is 1. The fourth-order valence-electron chi connectivity index (χ4n) is 3.16. The minimum absolute atomic E-state index is 0.0424. The van der Waals surface area contributed by atoms with Crippen LogP contribution in [0.2, 0.25) is 0 Å². The van der Waals surface area contributed by atoms with E-state index in [1.807, 2.05) is 53.6 Å². The number of nitrogens with zero attached hydrogens (tertiary/aromatic N) is 2. The summed E-state index contributed by atoms with van der Waals surface area (Å²) in [7, 11) is 0. The van der Waals surface area contributed by atoms with Crippen LogP contribution < -0.4 is 0 Å². The molecule has 2 heterocycles. The Morgan fingerprint density at radius 2 is 2.17 bits per heavy atom. The molecule has 0 bridgehead atoms. The van der Waals surface area contributed by atoms with Gasteiger partial charge in [-0.2, -0.15) is 0 Å². The monoisotopic (exact) mass is 321 g/mol. The Hall–Kier alpha value is -2.62. The lowest BCUT2D eigenvalue weighted by atomic mass is 10.0. The van der Waals surface area contributed by atoms with Crippen LogP contribution in [-0.2, 0) is 4.79 Å². The summed E-state index contributed by atoms with van der Waals surface area (Å²) in [6.07, 6.45) is 10.8. The van der Waals surface area contributed by atoms with Gasteiger partial charge in [-0.05, 0) is 19.3 Å². The molecule has 4 heteroatoms. The number of imidazole rings is 1. The van der Waals surface area contributed by atoms with Gasteiger partial charge in [0.1, 0.15) is 5.82 Å². The number of nitrogens with one attached hydrogen (secondary N) is 1. The Morgan fingerprint density at radius 1 is 1.33 bits per heavy atom. The number of allylic oxidation sites excluding steroid dienone is 2. The molecule has 1 N–H and O–H groups in total. The second kappa shape index (κ2) is 7.77. The van der Waals surface area contributed by atoms with Crippen molar-refractivity contribution in [3.8, 4) is 11.3 Å². The first kappa shape index (κ1) is 16.2. The SMILES string of the molecule is C=C/C=C/CC(=O)N1CCCCC1c1nc(-c2ccccc2)c[nH]1. The van der Waals surface area contributed by atoms with Crippen molar-refractivity contribution in [2.45, 2.75) is 31.7 Å². The minimum atomic E-state index is 0.0424. The van der Waals surface area contributed by atoms with E-state index in [-0.39, 0.29) is 11.9 Å². The Balaban J connectivity index is 1.78. The van der Waals surface area contributed by atoms with Crippen LogP contribution in [0.15, 0.2) is 61.3 Å². The Morgan fingerprint density at radius 3 is 2.96 bits per heavy atom. The van der Waals surface area contributed by atoms with Gasteiger partial charge in [-0.25, -0.2) is 4.98 Å². The molecule has 1 atom stereocenters. The van der Waals surface area contributed by atoms with Crippen LogP contribution in [0.3, 0.4) is 0 Å². The largest absolute Gasteiger partial charge is 0.346 e. The van der Waals surface area contributed by atoms with E-state index in [4.69, 9.17) is 4.98 Å². The van der Waals surface area contributed by atoms with Crippen molar-refractivity contribution in [2.24, 2.45) is 0 Å². The molecule has 4 nitrogen and oxygen atoms in total. The first-order valence-corrected chi connectivity index (χ1v) is 8.47. The molecule has 1 aliphatic heterocycles. The van der Waals surface area contributed by atoms with E-state index in [1.54, 1.807) is 6.08 Å². The third-order valence-electron chi connectivity index (χ3n) is 4.37. The maximum Gasteiger partial charge on any atom is 0.227 e. The molecule has 1 fully saturated rings. The number of hydrogen-bond donors (Lipinski definition) is 1. The van der Waals surface area contributed by atoms with Crippen molar-refractivity contribution in [3.05, 3.63) is 67.2 Å². The lowest BCUT2D eigenvalue weighted by Gasteiger charge is -2.34. The van der Waals surface area contributed by atoms with E-state index in [1.165, 1.54) is 0 Å². The van der Waals surface area contributed by atoms with E-state index in [0.29, 0.717) is 6.42 Å². The normalized spacial score (nSPS) is 18.0. The lowest BCUT2D eigenvalue weighted by molar-refractivity contribution is -0.134. The van der Waals surface area contributed by atoms with Gasteiger partial charge in [-0.1, -0.05) is 55.1 Å². The summed E-state index contributed by atoms with van der Waals surface area (Å²) in [5.41, 5.74) is 2.01. The second-order valence-electron chi connectivity index (χ2n) is 6.00. The highest BCUT2D eigenvalue weighted by Gasteiger charge is 2.29. The summed E-state index contributed by atoms with van der Waals surface area (Å²) in [6, 6.07) is 10.1. The number of hydrogen-bond acceptors (Lipinski definition) is 2. The average Bonchev–Trinajstić information content (AvgIpc) is 3.12. The molecular formula is C20H23N3O. The Labute approximate surface area is 142 Å². The second-order valence-corrected chi connectivity index (χ2v) is 6.00. The smallest absolute Gasteiger partial charge is 0.227 e. The summed E-state index contributed by atoms with van der Waals surface area (Å²) < 4.78 is 0. The molecule has 1 unspecified atom stereocenters. The number of aromatic amines is 1. The predicted octanol–water partition coefficient (Wildman–Crippen LogP) is 4.26. The highest BCUT2D eigenvalue weighted by atomic mass is 16.2. The van der Waals surface area contributed by atoms with E-state index < -0.39 is 0 Å². The number of rotatable bonds is 5. The van der Waals surface area contributed by atoms with Crippen molar-refractivity contribution in [1.29, 1.82) is 0 Å². The summed E-state index contributed by atoms with van der Waals surface area (Å²) in [5.74, 6) is 1.03. The number of carbonyl (C=O) groups excluding carboxylic acids is 1.